The van der Waals surface area contributed by atoms with Gasteiger partial charge in [0, 0.05) is 18.3 Å². The van der Waals surface area contributed by atoms with E-state index in [9.17, 15) is 0 Å². The molecule has 1 heterocycles. The number of anilines is 1. The van der Waals surface area contributed by atoms with Gasteiger partial charge in [-0.05, 0) is 50.8 Å². The van der Waals surface area contributed by atoms with Crippen LogP contribution in [0.15, 0.2) is 22.6 Å². The summed E-state index contributed by atoms with van der Waals surface area (Å²) < 4.78 is 5.80. The van der Waals surface area contributed by atoms with E-state index in [1.807, 2.05) is 18.2 Å². The molecule has 4 heteroatoms. The van der Waals surface area contributed by atoms with Crippen molar-refractivity contribution in [1.82, 2.24) is 9.88 Å². The summed E-state index contributed by atoms with van der Waals surface area (Å²) in [7, 11) is 0. The van der Waals surface area contributed by atoms with E-state index in [2.05, 4.69) is 23.7 Å². The smallest absolute Gasteiger partial charge is 0.209 e. The summed E-state index contributed by atoms with van der Waals surface area (Å²) in [5.41, 5.74) is 8.16. The van der Waals surface area contributed by atoms with Gasteiger partial charge in [0.2, 0.25) is 5.89 Å². The van der Waals surface area contributed by atoms with Gasteiger partial charge in [-0.1, -0.05) is 0 Å². The zero-order valence-corrected chi connectivity index (χ0v) is 11.6. The first-order chi connectivity index (χ1) is 9.11. The zero-order chi connectivity index (χ0) is 13.4. The van der Waals surface area contributed by atoms with Crippen molar-refractivity contribution in [2.24, 2.45) is 5.92 Å². The van der Waals surface area contributed by atoms with Gasteiger partial charge in [-0.15, -0.1) is 0 Å². The molecular formula is C15H21N3O. The Balaban J connectivity index is 1.78. The zero-order valence-electron chi connectivity index (χ0n) is 11.6. The molecule has 0 unspecified atom stereocenters. The minimum Gasteiger partial charge on any atom is -0.439 e. The SMILES string of the molecule is CC(C)N(Cc1nc2cc(N)ccc2o1)CC1CC1. The van der Waals surface area contributed by atoms with Crippen molar-refractivity contribution in [3.05, 3.63) is 24.1 Å². The Kier molecular flexibility index (Phi) is 3.19. The lowest BCUT2D eigenvalue weighted by Gasteiger charge is -2.24. The topological polar surface area (TPSA) is 55.3 Å². The molecule has 0 bridgehead atoms. The number of hydrogen-bond acceptors (Lipinski definition) is 4. The Morgan fingerprint density at radius 1 is 1.42 bits per heavy atom. The molecule has 1 aromatic carbocycles. The molecule has 1 saturated carbocycles. The van der Waals surface area contributed by atoms with Crippen LogP contribution in [0.2, 0.25) is 0 Å². The summed E-state index contributed by atoms with van der Waals surface area (Å²) in [6, 6.07) is 6.12. The lowest BCUT2D eigenvalue weighted by Crippen LogP contribution is -2.32. The summed E-state index contributed by atoms with van der Waals surface area (Å²) in [4.78, 5) is 6.97. The van der Waals surface area contributed by atoms with E-state index in [1.165, 1.54) is 12.8 Å². The highest BCUT2D eigenvalue weighted by Crippen LogP contribution is 2.31. The molecule has 2 N–H and O–H groups in total. The standard InChI is InChI=1S/C15H21N3O/c1-10(2)18(8-11-3-4-11)9-15-17-13-7-12(16)5-6-14(13)19-15/h5-7,10-11H,3-4,8-9,16H2,1-2H3. The van der Waals surface area contributed by atoms with Crippen LogP contribution in [0.3, 0.4) is 0 Å². The van der Waals surface area contributed by atoms with Crippen LogP contribution in [-0.2, 0) is 6.54 Å². The number of benzene rings is 1. The molecule has 2 aromatic rings. The molecule has 0 spiro atoms. The molecule has 3 rings (SSSR count). The molecule has 0 aliphatic heterocycles. The average Bonchev–Trinajstić information content (AvgIpc) is 3.07. The third kappa shape index (κ3) is 2.89. The van der Waals surface area contributed by atoms with Gasteiger partial charge in [-0.3, -0.25) is 4.90 Å². The fourth-order valence-electron chi connectivity index (χ4n) is 2.32. The van der Waals surface area contributed by atoms with Gasteiger partial charge < -0.3 is 10.2 Å². The number of nitrogens with zero attached hydrogens (tertiary/aromatic N) is 2. The van der Waals surface area contributed by atoms with Crippen molar-refractivity contribution in [2.45, 2.75) is 39.3 Å². The van der Waals surface area contributed by atoms with Crippen LogP contribution in [0.1, 0.15) is 32.6 Å². The first-order valence-corrected chi connectivity index (χ1v) is 7.01. The maximum absolute atomic E-state index is 5.80. The molecule has 1 aliphatic rings. The fraction of sp³-hybridized carbons (Fsp3) is 0.533. The molecule has 1 aromatic heterocycles. The van der Waals surface area contributed by atoms with E-state index in [0.717, 1.165) is 41.7 Å². The quantitative estimate of drug-likeness (QED) is 0.839. The Hall–Kier alpha value is -1.55. The highest BCUT2D eigenvalue weighted by Gasteiger charge is 2.26. The summed E-state index contributed by atoms with van der Waals surface area (Å²) in [6.07, 6.45) is 2.74. The lowest BCUT2D eigenvalue weighted by atomic mass is 10.2. The van der Waals surface area contributed by atoms with Crippen LogP contribution in [0, 0.1) is 5.92 Å². The van der Waals surface area contributed by atoms with Crippen molar-refractivity contribution >= 4 is 16.8 Å². The van der Waals surface area contributed by atoms with Crippen molar-refractivity contribution in [3.8, 4) is 0 Å². The van der Waals surface area contributed by atoms with Crippen LogP contribution in [0.25, 0.3) is 11.1 Å². The maximum Gasteiger partial charge on any atom is 0.209 e. The number of oxazole rings is 1. The predicted octanol–water partition coefficient (Wildman–Crippen LogP) is 3.03. The van der Waals surface area contributed by atoms with Gasteiger partial charge >= 0.3 is 0 Å². The van der Waals surface area contributed by atoms with E-state index >= 15 is 0 Å². The molecule has 0 saturated heterocycles. The third-order valence-electron chi connectivity index (χ3n) is 3.71. The van der Waals surface area contributed by atoms with Gasteiger partial charge in [-0.2, -0.15) is 0 Å². The Bertz CT molecular complexity index is 572. The number of aromatic nitrogens is 1. The minimum atomic E-state index is 0.515. The molecule has 19 heavy (non-hydrogen) atoms. The maximum atomic E-state index is 5.80. The molecule has 0 atom stereocenters. The van der Waals surface area contributed by atoms with Gasteiger partial charge in [0.15, 0.2) is 5.58 Å². The Labute approximate surface area is 113 Å². The molecule has 102 valence electrons. The second-order valence-electron chi connectivity index (χ2n) is 5.80. The van der Waals surface area contributed by atoms with Crippen LogP contribution >= 0.6 is 0 Å². The van der Waals surface area contributed by atoms with Crippen LogP contribution in [0.5, 0.6) is 0 Å². The van der Waals surface area contributed by atoms with E-state index in [4.69, 9.17) is 10.2 Å². The largest absolute Gasteiger partial charge is 0.439 e. The Morgan fingerprint density at radius 2 is 2.21 bits per heavy atom. The lowest BCUT2D eigenvalue weighted by molar-refractivity contribution is 0.186. The molecule has 1 aliphatic carbocycles. The minimum absolute atomic E-state index is 0.515. The number of nitrogen functional groups attached to an aromatic ring is 1. The number of rotatable bonds is 5. The second kappa shape index (κ2) is 4.85. The molecule has 4 nitrogen and oxygen atoms in total. The fourth-order valence-corrected chi connectivity index (χ4v) is 2.32. The normalized spacial score (nSPS) is 15.8. The number of hydrogen-bond donors (Lipinski definition) is 1. The molecule has 0 radical (unpaired) electrons. The van der Waals surface area contributed by atoms with Crippen molar-refractivity contribution < 1.29 is 4.42 Å². The van der Waals surface area contributed by atoms with E-state index in [0.29, 0.717) is 6.04 Å². The van der Waals surface area contributed by atoms with Crippen LogP contribution < -0.4 is 5.73 Å². The molecular weight excluding hydrogens is 238 g/mol. The number of nitrogens with two attached hydrogens (primary N) is 1. The predicted molar refractivity (Wildman–Crippen MR) is 76.7 cm³/mol. The van der Waals surface area contributed by atoms with Gasteiger partial charge in [0.25, 0.3) is 0 Å². The average molecular weight is 259 g/mol. The molecule has 1 fully saturated rings. The van der Waals surface area contributed by atoms with Crippen molar-refractivity contribution in [2.75, 3.05) is 12.3 Å². The van der Waals surface area contributed by atoms with Gasteiger partial charge in [-0.25, -0.2) is 4.98 Å². The number of fused-ring (bicyclic) bond motifs is 1. The van der Waals surface area contributed by atoms with Crippen LogP contribution in [-0.4, -0.2) is 22.5 Å². The van der Waals surface area contributed by atoms with Crippen molar-refractivity contribution in [1.29, 1.82) is 0 Å². The summed E-state index contributed by atoms with van der Waals surface area (Å²) in [5, 5.41) is 0. The van der Waals surface area contributed by atoms with Gasteiger partial charge in [0.05, 0.1) is 6.54 Å². The summed E-state index contributed by atoms with van der Waals surface area (Å²) >= 11 is 0. The van der Waals surface area contributed by atoms with E-state index < -0.39 is 0 Å². The third-order valence-corrected chi connectivity index (χ3v) is 3.71. The highest BCUT2D eigenvalue weighted by molar-refractivity contribution is 5.76. The van der Waals surface area contributed by atoms with Gasteiger partial charge in [0.1, 0.15) is 5.52 Å². The Morgan fingerprint density at radius 3 is 2.89 bits per heavy atom. The van der Waals surface area contributed by atoms with E-state index in [-0.39, 0.29) is 0 Å². The first kappa shape index (κ1) is 12.5. The first-order valence-electron chi connectivity index (χ1n) is 7.01. The highest BCUT2D eigenvalue weighted by atomic mass is 16.3. The summed E-state index contributed by atoms with van der Waals surface area (Å²) in [5.74, 6) is 1.66. The molecule has 0 amide bonds. The van der Waals surface area contributed by atoms with Crippen molar-refractivity contribution in [3.63, 3.8) is 0 Å². The van der Waals surface area contributed by atoms with Crippen LogP contribution in [0.4, 0.5) is 5.69 Å². The van der Waals surface area contributed by atoms with E-state index in [1.54, 1.807) is 0 Å². The monoisotopic (exact) mass is 259 g/mol. The summed E-state index contributed by atoms with van der Waals surface area (Å²) in [6.45, 7) is 6.38. The second-order valence-corrected chi connectivity index (χ2v) is 5.80.